The maximum Gasteiger partial charge on any atom is 0.0107 e. The Balaban J connectivity index is 1.59. The zero-order chi connectivity index (χ0) is 14.2. The van der Waals surface area contributed by atoms with Gasteiger partial charge in [0.25, 0.3) is 0 Å². The molecule has 0 aromatic rings. The number of hydrogen-bond donors (Lipinski definition) is 1. The van der Waals surface area contributed by atoms with Crippen molar-refractivity contribution in [2.75, 3.05) is 20.1 Å². The van der Waals surface area contributed by atoms with E-state index in [0.29, 0.717) is 0 Å². The summed E-state index contributed by atoms with van der Waals surface area (Å²) < 4.78 is 0. The fourth-order valence-corrected chi connectivity index (χ4v) is 4.25. The normalized spacial score (nSPS) is 28.9. The molecule has 2 heteroatoms. The summed E-state index contributed by atoms with van der Waals surface area (Å²) >= 11 is 0. The van der Waals surface area contributed by atoms with E-state index in [9.17, 15) is 0 Å². The van der Waals surface area contributed by atoms with Crippen molar-refractivity contribution in [3.05, 3.63) is 0 Å². The Bertz CT molecular complexity index is 248. The van der Waals surface area contributed by atoms with Crippen LogP contribution < -0.4 is 5.32 Å². The smallest absolute Gasteiger partial charge is 0.0107 e. The van der Waals surface area contributed by atoms with Gasteiger partial charge in [-0.25, -0.2) is 0 Å². The van der Waals surface area contributed by atoms with Crippen molar-refractivity contribution in [3.63, 3.8) is 0 Å². The molecule has 2 saturated carbocycles. The second kappa shape index (κ2) is 9.04. The van der Waals surface area contributed by atoms with Gasteiger partial charge >= 0.3 is 0 Å². The van der Waals surface area contributed by atoms with Crippen LogP contribution in [0, 0.1) is 5.92 Å². The number of hydrogen-bond acceptors (Lipinski definition) is 2. The lowest BCUT2D eigenvalue weighted by Crippen LogP contribution is -2.39. The number of nitrogens with zero attached hydrogens (tertiary/aromatic N) is 1. The average Bonchev–Trinajstić information content (AvgIpc) is 2.89. The predicted octanol–water partition coefficient (Wildman–Crippen LogP) is 4.20. The number of rotatable bonds is 7. The molecule has 0 heterocycles. The van der Waals surface area contributed by atoms with E-state index >= 15 is 0 Å². The van der Waals surface area contributed by atoms with Gasteiger partial charge in [-0.15, -0.1) is 0 Å². The van der Waals surface area contributed by atoms with Crippen LogP contribution in [0.4, 0.5) is 0 Å². The second-order valence-corrected chi connectivity index (χ2v) is 7.23. The van der Waals surface area contributed by atoms with Crippen LogP contribution in [0.15, 0.2) is 0 Å². The third kappa shape index (κ3) is 5.37. The molecule has 1 N–H and O–H groups in total. The lowest BCUT2D eigenvalue weighted by molar-refractivity contribution is 0.240. The monoisotopic (exact) mass is 280 g/mol. The molecule has 0 spiro atoms. The highest BCUT2D eigenvalue weighted by Crippen LogP contribution is 2.26. The van der Waals surface area contributed by atoms with Gasteiger partial charge in [-0.1, -0.05) is 45.4 Å². The third-order valence-electron chi connectivity index (χ3n) is 5.63. The highest BCUT2D eigenvalue weighted by atomic mass is 15.1. The maximum atomic E-state index is 3.84. The van der Waals surface area contributed by atoms with Crippen LogP contribution in [0.2, 0.25) is 0 Å². The first-order chi connectivity index (χ1) is 9.79. The predicted molar refractivity (Wildman–Crippen MR) is 88.2 cm³/mol. The van der Waals surface area contributed by atoms with Crippen molar-refractivity contribution < 1.29 is 0 Å². The van der Waals surface area contributed by atoms with Gasteiger partial charge in [-0.3, -0.25) is 0 Å². The molecule has 2 nitrogen and oxygen atoms in total. The SMILES string of the molecule is CCCC1CCCC(NCCN(C)C2CCCC2)CC1. The van der Waals surface area contributed by atoms with Crippen molar-refractivity contribution >= 4 is 0 Å². The molecule has 0 saturated heterocycles. The molecule has 20 heavy (non-hydrogen) atoms. The van der Waals surface area contributed by atoms with Crippen molar-refractivity contribution in [3.8, 4) is 0 Å². The summed E-state index contributed by atoms with van der Waals surface area (Å²) in [6.45, 7) is 4.76. The van der Waals surface area contributed by atoms with Crippen molar-refractivity contribution in [2.24, 2.45) is 5.92 Å². The Kier molecular flexibility index (Phi) is 7.37. The minimum Gasteiger partial charge on any atom is -0.313 e. The summed E-state index contributed by atoms with van der Waals surface area (Å²) in [4.78, 5) is 2.59. The Morgan fingerprint density at radius 2 is 1.75 bits per heavy atom. The molecule has 0 aromatic carbocycles. The van der Waals surface area contributed by atoms with Gasteiger partial charge in [-0.05, 0) is 45.1 Å². The van der Waals surface area contributed by atoms with E-state index in [1.807, 2.05) is 0 Å². The lowest BCUT2D eigenvalue weighted by Gasteiger charge is -2.25. The van der Waals surface area contributed by atoms with Crippen molar-refractivity contribution in [1.29, 1.82) is 0 Å². The Labute approximate surface area is 126 Å². The summed E-state index contributed by atoms with van der Waals surface area (Å²) in [5.41, 5.74) is 0. The van der Waals surface area contributed by atoms with Crippen LogP contribution in [-0.4, -0.2) is 37.1 Å². The fourth-order valence-electron chi connectivity index (χ4n) is 4.25. The van der Waals surface area contributed by atoms with E-state index in [1.165, 1.54) is 83.7 Å². The van der Waals surface area contributed by atoms with E-state index < -0.39 is 0 Å². The molecule has 2 unspecified atom stereocenters. The Hall–Kier alpha value is -0.0800. The summed E-state index contributed by atoms with van der Waals surface area (Å²) in [6, 6.07) is 1.67. The van der Waals surface area contributed by atoms with Crippen LogP contribution in [0.1, 0.15) is 77.6 Å². The molecule has 0 bridgehead atoms. The molecular weight excluding hydrogens is 244 g/mol. The van der Waals surface area contributed by atoms with Gasteiger partial charge in [0, 0.05) is 25.2 Å². The highest BCUT2D eigenvalue weighted by Gasteiger charge is 2.20. The molecule has 0 amide bonds. The maximum absolute atomic E-state index is 3.84. The van der Waals surface area contributed by atoms with E-state index in [1.54, 1.807) is 0 Å². The third-order valence-corrected chi connectivity index (χ3v) is 5.63. The first-order valence-corrected chi connectivity index (χ1v) is 9.23. The van der Waals surface area contributed by atoms with Gasteiger partial charge in [0.1, 0.15) is 0 Å². The first kappa shape index (κ1) is 16.3. The molecule has 2 aliphatic rings. The summed E-state index contributed by atoms with van der Waals surface area (Å²) in [5, 5.41) is 3.84. The topological polar surface area (TPSA) is 15.3 Å². The molecule has 2 aliphatic carbocycles. The highest BCUT2D eigenvalue weighted by molar-refractivity contribution is 4.78. The molecule has 0 aliphatic heterocycles. The summed E-state index contributed by atoms with van der Waals surface area (Å²) in [6.07, 6.45) is 15.8. The van der Waals surface area contributed by atoms with E-state index in [-0.39, 0.29) is 0 Å². The molecule has 2 fully saturated rings. The van der Waals surface area contributed by atoms with Gasteiger partial charge in [-0.2, -0.15) is 0 Å². The van der Waals surface area contributed by atoms with Crippen molar-refractivity contribution in [1.82, 2.24) is 10.2 Å². The van der Waals surface area contributed by atoms with Gasteiger partial charge < -0.3 is 10.2 Å². The average molecular weight is 280 g/mol. The van der Waals surface area contributed by atoms with Crippen LogP contribution in [0.3, 0.4) is 0 Å². The van der Waals surface area contributed by atoms with Crippen LogP contribution in [-0.2, 0) is 0 Å². The Morgan fingerprint density at radius 3 is 2.50 bits per heavy atom. The minimum atomic E-state index is 0.800. The molecule has 2 rings (SSSR count). The number of likely N-dealkylation sites (N-methyl/N-ethyl adjacent to an activating group) is 1. The second-order valence-electron chi connectivity index (χ2n) is 7.23. The summed E-state index contributed by atoms with van der Waals surface area (Å²) in [7, 11) is 2.32. The molecular formula is C18H36N2. The fraction of sp³-hybridized carbons (Fsp3) is 1.00. The molecule has 118 valence electrons. The molecule has 2 atom stereocenters. The zero-order valence-corrected chi connectivity index (χ0v) is 13.9. The summed E-state index contributed by atoms with van der Waals surface area (Å²) in [5.74, 6) is 1.02. The van der Waals surface area contributed by atoms with Gasteiger partial charge in [0.05, 0.1) is 0 Å². The van der Waals surface area contributed by atoms with Gasteiger partial charge in [0.2, 0.25) is 0 Å². The lowest BCUT2D eigenvalue weighted by atomic mass is 9.95. The minimum absolute atomic E-state index is 0.800. The van der Waals surface area contributed by atoms with Crippen LogP contribution >= 0.6 is 0 Å². The van der Waals surface area contributed by atoms with Gasteiger partial charge in [0.15, 0.2) is 0 Å². The standard InChI is InChI=1S/C18H36N2/c1-3-7-16-8-6-9-17(13-12-16)19-14-15-20(2)18-10-4-5-11-18/h16-19H,3-15H2,1-2H3. The molecule has 0 radical (unpaired) electrons. The quantitative estimate of drug-likeness (QED) is 0.703. The largest absolute Gasteiger partial charge is 0.313 e. The first-order valence-electron chi connectivity index (χ1n) is 9.23. The van der Waals surface area contributed by atoms with E-state index in [4.69, 9.17) is 0 Å². The Morgan fingerprint density at radius 1 is 0.950 bits per heavy atom. The van der Waals surface area contributed by atoms with E-state index in [0.717, 1.165) is 18.0 Å². The number of nitrogens with one attached hydrogen (secondary N) is 1. The van der Waals surface area contributed by atoms with Crippen LogP contribution in [0.5, 0.6) is 0 Å². The molecule has 0 aromatic heterocycles. The van der Waals surface area contributed by atoms with Crippen LogP contribution in [0.25, 0.3) is 0 Å². The van der Waals surface area contributed by atoms with E-state index in [2.05, 4.69) is 24.2 Å². The zero-order valence-electron chi connectivity index (χ0n) is 13.9. The van der Waals surface area contributed by atoms with Crippen molar-refractivity contribution in [2.45, 2.75) is 89.6 Å².